The van der Waals surface area contributed by atoms with Gasteiger partial charge in [0.2, 0.25) is 5.95 Å². The second-order valence-electron chi connectivity index (χ2n) is 4.53. The lowest BCUT2D eigenvalue weighted by atomic mass is 10.3. The summed E-state index contributed by atoms with van der Waals surface area (Å²) in [6.07, 6.45) is 1.58. The van der Waals surface area contributed by atoms with Gasteiger partial charge in [0, 0.05) is 19.3 Å². The lowest BCUT2D eigenvalue weighted by molar-refractivity contribution is 0.300. The summed E-state index contributed by atoms with van der Waals surface area (Å²) in [5.41, 5.74) is 6.92. The van der Waals surface area contributed by atoms with Gasteiger partial charge in [0.15, 0.2) is 5.13 Å². The standard InChI is InChI=1S/C14H14ClN5O2S/c1-17-14-20-11-9(21-2)5-8(10(15)12(11)23-14)22-6-7-3-4-18-13(16)19-7/h3-5H,6H2,1-2H3,(H,17,20)(H2,16,18,19). The van der Waals surface area contributed by atoms with Crippen LogP contribution in [-0.2, 0) is 6.61 Å². The highest BCUT2D eigenvalue weighted by Crippen LogP contribution is 2.43. The number of anilines is 2. The molecule has 0 radical (unpaired) electrons. The van der Waals surface area contributed by atoms with Crippen LogP contribution in [0.1, 0.15) is 5.69 Å². The molecular weight excluding hydrogens is 338 g/mol. The van der Waals surface area contributed by atoms with Crippen molar-refractivity contribution < 1.29 is 9.47 Å². The van der Waals surface area contributed by atoms with Crippen LogP contribution in [0.3, 0.4) is 0 Å². The molecule has 3 rings (SSSR count). The molecule has 2 heterocycles. The minimum atomic E-state index is 0.200. The Kier molecular flexibility index (Phi) is 4.35. The first-order valence-corrected chi connectivity index (χ1v) is 7.86. The number of fused-ring (bicyclic) bond motifs is 1. The summed E-state index contributed by atoms with van der Waals surface area (Å²) in [6.45, 7) is 0.221. The number of nitrogens with zero attached hydrogens (tertiary/aromatic N) is 3. The van der Waals surface area contributed by atoms with Gasteiger partial charge in [-0.1, -0.05) is 22.9 Å². The van der Waals surface area contributed by atoms with Gasteiger partial charge in [0.1, 0.15) is 28.6 Å². The highest BCUT2D eigenvalue weighted by atomic mass is 35.5. The Bertz CT molecular complexity index is 855. The minimum Gasteiger partial charge on any atom is -0.494 e. The van der Waals surface area contributed by atoms with Crippen LogP contribution in [0.2, 0.25) is 5.02 Å². The number of ether oxygens (including phenoxy) is 2. The van der Waals surface area contributed by atoms with E-state index < -0.39 is 0 Å². The van der Waals surface area contributed by atoms with Gasteiger partial charge in [-0.2, -0.15) is 0 Å². The zero-order chi connectivity index (χ0) is 16.4. The Hall–Kier alpha value is -2.32. The molecule has 3 N–H and O–H groups in total. The van der Waals surface area contributed by atoms with Crippen LogP contribution in [0.25, 0.3) is 10.2 Å². The van der Waals surface area contributed by atoms with E-state index in [-0.39, 0.29) is 12.6 Å². The summed E-state index contributed by atoms with van der Waals surface area (Å²) in [4.78, 5) is 12.4. The fraction of sp³-hybridized carbons (Fsp3) is 0.214. The maximum Gasteiger partial charge on any atom is 0.220 e. The Balaban J connectivity index is 1.95. The number of rotatable bonds is 5. The summed E-state index contributed by atoms with van der Waals surface area (Å²) in [5, 5.41) is 4.24. The molecule has 23 heavy (non-hydrogen) atoms. The molecule has 0 aliphatic carbocycles. The van der Waals surface area contributed by atoms with Crippen LogP contribution >= 0.6 is 22.9 Å². The Morgan fingerprint density at radius 1 is 1.35 bits per heavy atom. The summed E-state index contributed by atoms with van der Waals surface area (Å²) < 4.78 is 12.0. The molecule has 0 spiro atoms. The fourth-order valence-electron chi connectivity index (χ4n) is 2.01. The number of nitrogen functional groups attached to an aromatic ring is 1. The Labute approximate surface area is 141 Å². The van der Waals surface area contributed by atoms with E-state index in [1.54, 1.807) is 32.5 Å². The van der Waals surface area contributed by atoms with Crippen LogP contribution in [-0.4, -0.2) is 29.1 Å². The van der Waals surface area contributed by atoms with Gasteiger partial charge in [0.25, 0.3) is 0 Å². The van der Waals surface area contributed by atoms with Gasteiger partial charge in [-0.05, 0) is 6.07 Å². The van der Waals surface area contributed by atoms with E-state index in [0.29, 0.717) is 27.7 Å². The predicted octanol–water partition coefficient (Wildman–Crippen LogP) is 2.95. The number of nitrogens with two attached hydrogens (primary N) is 1. The molecule has 0 fully saturated rings. The first kappa shape index (κ1) is 15.6. The molecule has 1 aromatic carbocycles. The molecule has 0 bridgehead atoms. The lowest BCUT2D eigenvalue weighted by Crippen LogP contribution is -2.02. The summed E-state index contributed by atoms with van der Waals surface area (Å²) in [6, 6.07) is 3.44. The van der Waals surface area contributed by atoms with Gasteiger partial charge in [-0.15, -0.1) is 0 Å². The monoisotopic (exact) mass is 351 g/mol. The predicted molar refractivity (Wildman–Crippen MR) is 91.5 cm³/mol. The quantitative estimate of drug-likeness (QED) is 0.729. The third kappa shape index (κ3) is 3.08. The van der Waals surface area contributed by atoms with E-state index in [4.69, 9.17) is 26.8 Å². The van der Waals surface area contributed by atoms with Crippen LogP contribution in [0.5, 0.6) is 11.5 Å². The van der Waals surface area contributed by atoms with Crippen LogP contribution in [0, 0.1) is 0 Å². The minimum absolute atomic E-state index is 0.200. The first-order valence-electron chi connectivity index (χ1n) is 6.67. The number of hydrogen-bond acceptors (Lipinski definition) is 8. The van der Waals surface area contributed by atoms with Crippen LogP contribution < -0.4 is 20.5 Å². The highest BCUT2D eigenvalue weighted by molar-refractivity contribution is 7.22. The fourth-order valence-corrected chi connectivity index (χ4v) is 3.19. The van der Waals surface area contributed by atoms with E-state index >= 15 is 0 Å². The molecule has 7 nitrogen and oxygen atoms in total. The molecule has 0 amide bonds. The smallest absolute Gasteiger partial charge is 0.220 e. The molecule has 3 aromatic rings. The number of methoxy groups -OCH3 is 1. The van der Waals surface area contributed by atoms with Gasteiger partial charge < -0.3 is 20.5 Å². The molecule has 0 atom stereocenters. The van der Waals surface area contributed by atoms with Crippen molar-refractivity contribution in [2.24, 2.45) is 0 Å². The van der Waals surface area contributed by atoms with Gasteiger partial charge in [-0.3, -0.25) is 0 Å². The second kappa shape index (κ2) is 6.43. The molecule has 0 saturated heterocycles. The number of nitrogens with one attached hydrogen (secondary N) is 1. The summed E-state index contributed by atoms with van der Waals surface area (Å²) in [5.74, 6) is 1.30. The Morgan fingerprint density at radius 3 is 2.87 bits per heavy atom. The van der Waals surface area contributed by atoms with Crippen molar-refractivity contribution in [1.29, 1.82) is 0 Å². The van der Waals surface area contributed by atoms with Crippen molar-refractivity contribution >= 4 is 44.2 Å². The molecule has 0 unspecified atom stereocenters. The Morgan fingerprint density at radius 2 is 2.17 bits per heavy atom. The van der Waals surface area contributed by atoms with E-state index in [1.807, 2.05) is 0 Å². The van der Waals surface area contributed by atoms with E-state index in [0.717, 1.165) is 9.83 Å². The normalized spacial score (nSPS) is 10.7. The molecule has 0 aliphatic heterocycles. The van der Waals surface area contributed by atoms with E-state index in [1.165, 1.54) is 11.3 Å². The number of benzene rings is 1. The van der Waals surface area contributed by atoms with Crippen molar-refractivity contribution in [1.82, 2.24) is 15.0 Å². The SMILES string of the molecule is CNc1nc2c(OC)cc(OCc3ccnc(N)n3)c(Cl)c2s1. The molecule has 120 valence electrons. The average molecular weight is 352 g/mol. The topological polar surface area (TPSA) is 95.2 Å². The van der Waals surface area contributed by atoms with Crippen molar-refractivity contribution in [2.45, 2.75) is 6.61 Å². The number of aromatic nitrogens is 3. The van der Waals surface area contributed by atoms with Crippen molar-refractivity contribution in [3.05, 3.63) is 29.0 Å². The maximum absolute atomic E-state index is 6.44. The number of thiazole rings is 1. The summed E-state index contributed by atoms with van der Waals surface area (Å²) in [7, 11) is 3.38. The van der Waals surface area contributed by atoms with Gasteiger partial charge >= 0.3 is 0 Å². The van der Waals surface area contributed by atoms with Crippen molar-refractivity contribution in [2.75, 3.05) is 25.2 Å². The third-order valence-electron chi connectivity index (χ3n) is 3.08. The van der Waals surface area contributed by atoms with Crippen LogP contribution in [0.4, 0.5) is 11.1 Å². The molecule has 0 aliphatic rings. The third-order valence-corrected chi connectivity index (χ3v) is 4.66. The molecular formula is C14H14ClN5O2S. The zero-order valence-electron chi connectivity index (χ0n) is 12.5. The molecule has 2 aromatic heterocycles. The molecule has 9 heteroatoms. The summed E-state index contributed by atoms with van der Waals surface area (Å²) >= 11 is 7.87. The van der Waals surface area contributed by atoms with E-state index in [9.17, 15) is 0 Å². The number of hydrogen-bond donors (Lipinski definition) is 2. The first-order chi connectivity index (χ1) is 11.1. The highest BCUT2D eigenvalue weighted by Gasteiger charge is 2.17. The largest absolute Gasteiger partial charge is 0.494 e. The average Bonchev–Trinajstić information content (AvgIpc) is 2.99. The number of halogens is 1. The van der Waals surface area contributed by atoms with E-state index in [2.05, 4.69) is 20.3 Å². The lowest BCUT2D eigenvalue weighted by Gasteiger charge is -2.10. The van der Waals surface area contributed by atoms with Gasteiger partial charge in [-0.25, -0.2) is 15.0 Å². The zero-order valence-corrected chi connectivity index (χ0v) is 14.0. The molecule has 0 saturated carbocycles. The van der Waals surface area contributed by atoms with Crippen molar-refractivity contribution in [3.8, 4) is 11.5 Å². The maximum atomic E-state index is 6.44. The second-order valence-corrected chi connectivity index (χ2v) is 5.91. The van der Waals surface area contributed by atoms with Crippen LogP contribution in [0.15, 0.2) is 18.3 Å². The van der Waals surface area contributed by atoms with Crippen molar-refractivity contribution in [3.63, 3.8) is 0 Å². The van der Waals surface area contributed by atoms with Gasteiger partial charge in [0.05, 0.1) is 17.5 Å².